The van der Waals surface area contributed by atoms with Gasteiger partial charge in [-0.15, -0.1) is 0 Å². The summed E-state index contributed by atoms with van der Waals surface area (Å²) in [6.45, 7) is -0.0641. The molecule has 1 aromatic carbocycles. The Morgan fingerprint density at radius 3 is 2.79 bits per heavy atom. The Hall–Kier alpha value is -2.41. The van der Waals surface area contributed by atoms with Crippen molar-refractivity contribution in [1.82, 2.24) is 0 Å². The average molecular weight is 264 g/mol. The van der Waals surface area contributed by atoms with Gasteiger partial charge in [0.15, 0.2) is 18.4 Å². The Bertz CT molecular complexity index is 569. The smallest absolute Gasteiger partial charge is 0.328 e. The third-order valence-electron chi connectivity index (χ3n) is 2.88. The van der Waals surface area contributed by atoms with E-state index in [1.54, 1.807) is 7.05 Å². The zero-order chi connectivity index (χ0) is 14.2. The van der Waals surface area contributed by atoms with Crippen LogP contribution < -0.4 is 15.4 Å². The van der Waals surface area contributed by atoms with Gasteiger partial charge in [-0.2, -0.15) is 0 Å². The van der Waals surface area contributed by atoms with Crippen LogP contribution in [-0.4, -0.2) is 42.5 Å². The molecule has 1 unspecified atom stereocenters. The van der Waals surface area contributed by atoms with Gasteiger partial charge in [-0.05, 0) is 18.2 Å². The first-order valence-electron chi connectivity index (χ1n) is 5.48. The van der Waals surface area contributed by atoms with Gasteiger partial charge in [0.25, 0.3) is 5.91 Å². The highest BCUT2D eigenvalue weighted by Crippen LogP contribution is 2.32. The van der Waals surface area contributed by atoms with Crippen molar-refractivity contribution in [3.8, 4) is 5.75 Å². The number of aliphatic carboxylic acids is 1. The number of likely N-dealkylation sites (N-methyl/N-ethyl adjacent to an activating group) is 1. The maximum atomic E-state index is 11.8. The van der Waals surface area contributed by atoms with Gasteiger partial charge in [0.1, 0.15) is 5.75 Å². The molecule has 0 bridgehead atoms. The molecule has 1 atom stereocenters. The zero-order valence-corrected chi connectivity index (χ0v) is 10.1. The van der Waals surface area contributed by atoms with Gasteiger partial charge in [-0.3, -0.25) is 14.4 Å². The first-order valence-corrected chi connectivity index (χ1v) is 5.48. The van der Waals surface area contributed by atoms with Crippen LogP contribution in [-0.2, 0) is 9.59 Å². The summed E-state index contributed by atoms with van der Waals surface area (Å²) < 4.78 is 5.20. The summed E-state index contributed by atoms with van der Waals surface area (Å²) in [5.41, 5.74) is 5.81. The number of benzene rings is 1. The SMILES string of the molecule is CN1C(=O)COc2ccc(C(=O)C(N)C(=O)O)cc21. The summed E-state index contributed by atoms with van der Waals surface area (Å²) >= 11 is 0. The number of rotatable bonds is 3. The summed E-state index contributed by atoms with van der Waals surface area (Å²) in [6, 6.07) is 2.72. The zero-order valence-electron chi connectivity index (χ0n) is 10.1. The molecule has 1 aliphatic heterocycles. The second-order valence-corrected chi connectivity index (χ2v) is 4.10. The first-order chi connectivity index (χ1) is 8.91. The Morgan fingerprint density at radius 2 is 2.16 bits per heavy atom. The number of carbonyl (C=O) groups excluding carboxylic acids is 2. The average Bonchev–Trinajstić information content (AvgIpc) is 2.41. The molecule has 1 aliphatic rings. The number of Topliss-reactive ketones (excluding diaryl/α,β-unsaturated/α-hetero) is 1. The van der Waals surface area contributed by atoms with E-state index in [1.165, 1.54) is 23.1 Å². The van der Waals surface area contributed by atoms with Crippen molar-refractivity contribution in [1.29, 1.82) is 0 Å². The van der Waals surface area contributed by atoms with Gasteiger partial charge in [-0.1, -0.05) is 0 Å². The molecule has 0 saturated carbocycles. The van der Waals surface area contributed by atoms with Crippen LogP contribution in [0.5, 0.6) is 5.75 Å². The molecule has 0 radical (unpaired) electrons. The maximum Gasteiger partial charge on any atom is 0.328 e. The van der Waals surface area contributed by atoms with Gasteiger partial charge in [0.05, 0.1) is 5.69 Å². The number of hydrogen-bond acceptors (Lipinski definition) is 5. The molecule has 1 amide bonds. The molecule has 3 N–H and O–H groups in total. The minimum Gasteiger partial charge on any atom is -0.482 e. The van der Waals surface area contributed by atoms with Crippen LogP contribution in [0.2, 0.25) is 0 Å². The van der Waals surface area contributed by atoms with Crippen LogP contribution in [0.3, 0.4) is 0 Å². The van der Waals surface area contributed by atoms with Crippen LogP contribution in [0.4, 0.5) is 5.69 Å². The van der Waals surface area contributed by atoms with Crippen LogP contribution in [0, 0.1) is 0 Å². The quantitative estimate of drug-likeness (QED) is 0.569. The van der Waals surface area contributed by atoms with Gasteiger partial charge < -0.3 is 20.5 Å². The highest BCUT2D eigenvalue weighted by Gasteiger charge is 2.27. The van der Waals surface area contributed by atoms with Gasteiger partial charge in [0, 0.05) is 12.6 Å². The highest BCUT2D eigenvalue weighted by molar-refractivity contribution is 6.12. The lowest BCUT2D eigenvalue weighted by molar-refractivity contribution is -0.137. The Kier molecular flexibility index (Phi) is 3.22. The summed E-state index contributed by atoms with van der Waals surface area (Å²) in [4.78, 5) is 35.3. The number of fused-ring (bicyclic) bond motifs is 1. The molecule has 1 heterocycles. The highest BCUT2D eigenvalue weighted by atomic mass is 16.5. The van der Waals surface area contributed by atoms with E-state index in [-0.39, 0.29) is 18.1 Å². The fraction of sp³-hybridized carbons (Fsp3) is 0.250. The number of ketones is 1. The number of nitrogens with zero attached hydrogens (tertiary/aromatic N) is 1. The molecule has 7 heteroatoms. The Balaban J connectivity index is 2.38. The molecular formula is C12H12N2O5. The molecular weight excluding hydrogens is 252 g/mol. The van der Waals surface area contributed by atoms with E-state index in [0.717, 1.165) is 0 Å². The van der Waals surface area contributed by atoms with Crippen molar-refractivity contribution in [2.75, 3.05) is 18.6 Å². The fourth-order valence-corrected chi connectivity index (χ4v) is 1.72. The lowest BCUT2D eigenvalue weighted by Gasteiger charge is -2.26. The molecule has 0 aromatic heterocycles. The lowest BCUT2D eigenvalue weighted by atomic mass is 10.0. The lowest BCUT2D eigenvalue weighted by Crippen LogP contribution is -2.39. The van der Waals surface area contributed by atoms with E-state index in [4.69, 9.17) is 15.6 Å². The second-order valence-electron chi connectivity index (χ2n) is 4.10. The summed E-state index contributed by atoms with van der Waals surface area (Å²) in [5, 5.41) is 8.71. The molecule has 100 valence electrons. The van der Waals surface area contributed by atoms with Crippen LogP contribution in [0.25, 0.3) is 0 Å². The molecule has 7 nitrogen and oxygen atoms in total. The third kappa shape index (κ3) is 2.27. The number of anilines is 1. The molecule has 0 saturated heterocycles. The predicted molar refractivity (Wildman–Crippen MR) is 65.3 cm³/mol. The Morgan fingerprint density at radius 1 is 1.47 bits per heavy atom. The van der Waals surface area contributed by atoms with Crippen molar-refractivity contribution >= 4 is 23.3 Å². The van der Waals surface area contributed by atoms with Crippen LogP contribution in [0.15, 0.2) is 18.2 Å². The number of carboxylic acid groups (broad SMARTS) is 1. The Labute approximate surface area is 108 Å². The number of carbonyl (C=O) groups is 3. The standard InChI is InChI=1S/C12H12N2O5/c1-14-7-4-6(11(16)10(13)12(17)18)2-3-8(7)19-5-9(14)15/h2-4,10H,5,13H2,1H3,(H,17,18). The summed E-state index contributed by atoms with van der Waals surface area (Å²) in [5.74, 6) is -1.91. The van der Waals surface area contributed by atoms with Crippen molar-refractivity contribution in [2.45, 2.75) is 6.04 Å². The molecule has 0 fully saturated rings. The van der Waals surface area contributed by atoms with E-state index in [0.29, 0.717) is 11.4 Å². The van der Waals surface area contributed by atoms with E-state index in [1.807, 2.05) is 0 Å². The van der Waals surface area contributed by atoms with E-state index < -0.39 is 17.8 Å². The minimum atomic E-state index is -1.62. The van der Waals surface area contributed by atoms with E-state index in [9.17, 15) is 14.4 Å². The molecule has 0 spiro atoms. The summed E-state index contributed by atoms with van der Waals surface area (Å²) in [7, 11) is 1.55. The van der Waals surface area contributed by atoms with Crippen molar-refractivity contribution < 1.29 is 24.2 Å². The van der Waals surface area contributed by atoms with E-state index >= 15 is 0 Å². The number of nitrogens with two attached hydrogens (primary N) is 1. The van der Waals surface area contributed by atoms with Gasteiger partial charge in [-0.25, -0.2) is 0 Å². The number of hydrogen-bond donors (Lipinski definition) is 2. The second kappa shape index (κ2) is 4.69. The number of amides is 1. The minimum absolute atomic E-state index is 0.0641. The van der Waals surface area contributed by atoms with Crippen molar-refractivity contribution in [3.05, 3.63) is 23.8 Å². The van der Waals surface area contributed by atoms with Crippen LogP contribution >= 0.6 is 0 Å². The number of carboxylic acids is 1. The van der Waals surface area contributed by atoms with Crippen molar-refractivity contribution in [2.24, 2.45) is 5.73 Å². The number of ether oxygens (including phenoxy) is 1. The monoisotopic (exact) mass is 264 g/mol. The third-order valence-corrected chi connectivity index (χ3v) is 2.88. The first kappa shape index (κ1) is 13.0. The normalized spacial score (nSPS) is 15.5. The molecule has 0 aliphatic carbocycles. The largest absolute Gasteiger partial charge is 0.482 e. The van der Waals surface area contributed by atoms with Crippen molar-refractivity contribution in [3.63, 3.8) is 0 Å². The predicted octanol–water partition coefficient (Wildman–Crippen LogP) is -0.364. The molecule has 2 rings (SSSR count). The van der Waals surface area contributed by atoms with E-state index in [2.05, 4.69) is 0 Å². The summed E-state index contributed by atoms with van der Waals surface area (Å²) in [6.07, 6.45) is 0. The van der Waals surface area contributed by atoms with Gasteiger partial charge >= 0.3 is 5.97 Å². The molecule has 19 heavy (non-hydrogen) atoms. The fourth-order valence-electron chi connectivity index (χ4n) is 1.72. The van der Waals surface area contributed by atoms with Gasteiger partial charge in [0.2, 0.25) is 0 Å². The van der Waals surface area contributed by atoms with Crippen LogP contribution in [0.1, 0.15) is 10.4 Å². The topological polar surface area (TPSA) is 110 Å². The maximum absolute atomic E-state index is 11.8. The molecule has 1 aromatic rings.